The molecule has 0 radical (unpaired) electrons. The topological polar surface area (TPSA) is 92.3 Å². The van der Waals surface area contributed by atoms with E-state index in [9.17, 15) is 4.79 Å². The monoisotopic (exact) mass is 386 g/mol. The second-order valence-electron chi connectivity index (χ2n) is 7.21. The molecule has 7 heteroatoms. The molecule has 0 unspecified atom stereocenters. The second kappa shape index (κ2) is 7.10. The molecule has 1 aliphatic rings. The summed E-state index contributed by atoms with van der Waals surface area (Å²) in [5.74, 6) is 0.0142. The highest BCUT2D eigenvalue weighted by molar-refractivity contribution is 5.97. The molecule has 5 rings (SSSR count). The van der Waals surface area contributed by atoms with E-state index < -0.39 is 5.97 Å². The summed E-state index contributed by atoms with van der Waals surface area (Å²) in [6, 6.07) is 15.8. The highest BCUT2D eigenvalue weighted by Gasteiger charge is 2.32. The molecule has 1 N–H and O–H groups in total. The maximum absolute atomic E-state index is 11.0. The molecule has 1 fully saturated rings. The molecule has 1 aliphatic heterocycles. The van der Waals surface area contributed by atoms with E-state index in [1.807, 2.05) is 36.4 Å². The third kappa shape index (κ3) is 3.25. The Kier molecular flexibility index (Phi) is 4.29. The van der Waals surface area contributed by atoms with Gasteiger partial charge in [-0.1, -0.05) is 41.6 Å². The third-order valence-electron chi connectivity index (χ3n) is 5.31. The van der Waals surface area contributed by atoms with Crippen molar-refractivity contribution in [2.75, 3.05) is 13.1 Å². The maximum Gasteiger partial charge on any atom is 0.309 e. The lowest BCUT2D eigenvalue weighted by Gasteiger charge is -2.36. The van der Waals surface area contributed by atoms with E-state index >= 15 is 0 Å². The van der Waals surface area contributed by atoms with E-state index in [1.165, 1.54) is 0 Å². The summed E-state index contributed by atoms with van der Waals surface area (Å²) in [6.45, 7) is 1.90. The van der Waals surface area contributed by atoms with E-state index in [1.54, 1.807) is 12.4 Å². The van der Waals surface area contributed by atoms with Gasteiger partial charge in [0.1, 0.15) is 0 Å². The molecule has 1 saturated heterocycles. The number of carboxylic acids is 1. The van der Waals surface area contributed by atoms with Gasteiger partial charge in [-0.25, -0.2) is 0 Å². The molecule has 3 heterocycles. The van der Waals surface area contributed by atoms with Crippen LogP contribution in [-0.2, 0) is 11.3 Å². The maximum atomic E-state index is 11.0. The Morgan fingerprint density at radius 2 is 1.83 bits per heavy atom. The van der Waals surface area contributed by atoms with Crippen LogP contribution in [0.1, 0.15) is 5.56 Å². The van der Waals surface area contributed by atoms with Gasteiger partial charge in [0.15, 0.2) is 0 Å². The molecule has 2 aromatic heterocycles. The molecular weight excluding hydrogens is 368 g/mol. The summed E-state index contributed by atoms with van der Waals surface area (Å²) in [6.07, 6.45) is 3.38. The minimum atomic E-state index is -0.719. The zero-order chi connectivity index (χ0) is 19.8. The average Bonchev–Trinajstić information content (AvgIpc) is 3.20. The molecule has 0 bridgehead atoms. The number of aromatic nitrogens is 3. The van der Waals surface area contributed by atoms with Gasteiger partial charge in [-0.05, 0) is 28.5 Å². The normalized spacial score (nSPS) is 14.8. The van der Waals surface area contributed by atoms with E-state index in [0.717, 1.165) is 34.0 Å². The van der Waals surface area contributed by atoms with E-state index in [4.69, 9.17) is 9.63 Å². The summed E-state index contributed by atoms with van der Waals surface area (Å²) < 4.78 is 5.46. The van der Waals surface area contributed by atoms with Gasteiger partial charge in [-0.3, -0.25) is 14.7 Å². The highest BCUT2D eigenvalue weighted by atomic mass is 16.5. The Labute approximate surface area is 166 Å². The first-order valence-electron chi connectivity index (χ1n) is 9.39. The summed E-state index contributed by atoms with van der Waals surface area (Å²) in [5.41, 5.74) is 2.89. The molecule has 2 aromatic carbocycles. The van der Waals surface area contributed by atoms with E-state index in [-0.39, 0.29) is 5.92 Å². The number of pyridine rings is 1. The smallest absolute Gasteiger partial charge is 0.309 e. The minimum Gasteiger partial charge on any atom is -0.481 e. The number of hydrogen-bond donors (Lipinski definition) is 1. The summed E-state index contributed by atoms with van der Waals surface area (Å²) in [5, 5.41) is 15.4. The fraction of sp³-hybridized carbons (Fsp3) is 0.182. The first-order valence-corrected chi connectivity index (χ1v) is 9.39. The summed E-state index contributed by atoms with van der Waals surface area (Å²) in [4.78, 5) is 21.8. The molecule has 0 spiro atoms. The minimum absolute atomic E-state index is 0.258. The number of nitrogens with zero attached hydrogens (tertiary/aromatic N) is 4. The lowest BCUT2D eigenvalue weighted by atomic mass is 9.95. The van der Waals surface area contributed by atoms with Gasteiger partial charge < -0.3 is 9.63 Å². The second-order valence-corrected chi connectivity index (χ2v) is 7.21. The number of hydrogen-bond acceptors (Lipinski definition) is 6. The number of benzene rings is 2. The van der Waals surface area contributed by atoms with E-state index in [0.29, 0.717) is 24.8 Å². The Morgan fingerprint density at radius 3 is 2.59 bits per heavy atom. The van der Waals surface area contributed by atoms with Crippen molar-refractivity contribution >= 4 is 16.7 Å². The van der Waals surface area contributed by atoms with Crippen LogP contribution in [0.25, 0.3) is 33.6 Å². The van der Waals surface area contributed by atoms with Crippen LogP contribution >= 0.6 is 0 Å². The van der Waals surface area contributed by atoms with Crippen LogP contribution in [0.15, 0.2) is 65.4 Å². The molecule has 0 atom stereocenters. The van der Waals surface area contributed by atoms with E-state index in [2.05, 4.69) is 32.2 Å². The first-order chi connectivity index (χ1) is 14.2. The number of likely N-dealkylation sites (tertiary alicyclic amines) is 1. The van der Waals surface area contributed by atoms with Crippen molar-refractivity contribution in [2.24, 2.45) is 5.92 Å². The molecule has 0 saturated carbocycles. The molecule has 0 aliphatic carbocycles. The third-order valence-corrected chi connectivity index (χ3v) is 5.31. The first kappa shape index (κ1) is 17.5. The van der Waals surface area contributed by atoms with Crippen LogP contribution in [0.5, 0.6) is 0 Å². The zero-order valence-corrected chi connectivity index (χ0v) is 15.5. The van der Waals surface area contributed by atoms with Crippen molar-refractivity contribution in [3.63, 3.8) is 0 Å². The molecular formula is C22H18N4O3. The van der Waals surface area contributed by atoms with Gasteiger partial charge in [-0.15, -0.1) is 0 Å². The molecule has 144 valence electrons. The Bertz CT molecular complexity index is 1180. The molecule has 0 amide bonds. The van der Waals surface area contributed by atoms with Crippen LogP contribution in [-0.4, -0.2) is 44.2 Å². The van der Waals surface area contributed by atoms with Gasteiger partial charge in [0.2, 0.25) is 5.82 Å². The number of aliphatic carboxylic acids is 1. The average molecular weight is 386 g/mol. The predicted octanol–water partition coefficient (Wildman–Crippen LogP) is 3.47. The van der Waals surface area contributed by atoms with Crippen LogP contribution in [0, 0.1) is 5.92 Å². The van der Waals surface area contributed by atoms with Crippen molar-refractivity contribution in [3.05, 3.63) is 66.5 Å². The largest absolute Gasteiger partial charge is 0.481 e. The standard InChI is InChI=1S/C22H18N4O3/c27-22(28)16-12-26(13-16)11-15-5-6-19(18-4-2-1-3-17(15)18)20-24-21(29-25-20)14-7-9-23-10-8-14/h1-10,16H,11-13H2,(H,27,28). The van der Waals surface area contributed by atoms with Crippen LogP contribution in [0.3, 0.4) is 0 Å². The Hall–Kier alpha value is -3.58. The lowest BCUT2D eigenvalue weighted by Crippen LogP contribution is -2.49. The zero-order valence-electron chi connectivity index (χ0n) is 15.5. The van der Waals surface area contributed by atoms with Crippen molar-refractivity contribution in [2.45, 2.75) is 6.54 Å². The molecule has 7 nitrogen and oxygen atoms in total. The summed E-state index contributed by atoms with van der Waals surface area (Å²) >= 11 is 0. The van der Waals surface area contributed by atoms with Crippen molar-refractivity contribution in [3.8, 4) is 22.8 Å². The SMILES string of the molecule is O=C(O)C1CN(Cc2ccc(-c3noc(-c4ccncc4)n3)c3ccccc23)C1. The fourth-order valence-corrected chi connectivity index (χ4v) is 3.74. The number of rotatable bonds is 5. The van der Waals surface area contributed by atoms with Crippen molar-refractivity contribution in [1.29, 1.82) is 0 Å². The van der Waals surface area contributed by atoms with Crippen LogP contribution in [0.2, 0.25) is 0 Å². The number of carbonyl (C=O) groups is 1. The Morgan fingerprint density at radius 1 is 1.07 bits per heavy atom. The lowest BCUT2D eigenvalue weighted by molar-refractivity contribution is -0.147. The van der Waals surface area contributed by atoms with Crippen LogP contribution in [0.4, 0.5) is 0 Å². The number of carboxylic acid groups (broad SMARTS) is 1. The van der Waals surface area contributed by atoms with Gasteiger partial charge in [0, 0.05) is 43.2 Å². The van der Waals surface area contributed by atoms with Crippen molar-refractivity contribution < 1.29 is 14.4 Å². The molecule has 4 aromatic rings. The highest BCUT2D eigenvalue weighted by Crippen LogP contribution is 2.32. The van der Waals surface area contributed by atoms with Gasteiger partial charge >= 0.3 is 5.97 Å². The predicted molar refractivity (Wildman–Crippen MR) is 107 cm³/mol. The quantitative estimate of drug-likeness (QED) is 0.561. The van der Waals surface area contributed by atoms with Gasteiger partial charge in [0.25, 0.3) is 5.89 Å². The fourth-order valence-electron chi connectivity index (χ4n) is 3.74. The number of fused-ring (bicyclic) bond motifs is 1. The molecule has 29 heavy (non-hydrogen) atoms. The summed E-state index contributed by atoms with van der Waals surface area (Å²) in [7, 11) is 0. The van der Waals surface area contributed by atoms with Crippen molar-refractivity contribution in [1.82, 2.24) is 20.0 Å². The van der Waals surface area contributed by atoms with Crippen LogP contribution < -0.4 is 0 Å². The van der Waals surface area contributed by atoms with Gasteiger partial charge in [-0.2, -0.15) is 4.98 Å². The van der Waals surface area contributed by atoms with Gasteiger partial charge in [0.05, 0.1) is 5.92 Å². The Balaban J connectivity index is 1.47.